The van der Waals surface area contributed by atoms with Crippen LogP contribution in [-0.4, -0.2) is 61.2 Å². The number of aliphatic hydroxyl groups excluding tert-OH is 1. The number of aliphatic hydroxyl groups is 1. The average molecular weight is 333 g/mol. The predicted octanol–water partition coefficient (Wildman–Crippen LogP) is 2.73. The number of hydrogen-bond acceptors (Lipinski definition) is 4. The quantitative estimate of drug-likeness (QED) is 0.869. The van der Waals surface area contributed by atoms with Crippen molar-refractivity contribution in [2.75, 3.05) is 32.9 Å². The summed E-state index contributed by atoms with van der Waals surface area (Å²) in [6.45, 7) is 8.18. The van der Waals surface area contributed by atoms with Crippen molar-refractivity contribution in [1.29, 1.82) is 0 Å². The average Bonchev–Trinajstić information content (AvgIpc) is 2.95. The van der Waals surface area contributed by atoms with Crippen LogP contribution in [0.2, 0.25) is 0 Å². The normalized spacial score (nSPS) is 27.5. The molecule has 0 aliphatic carbocycles. The van der Waals surface area contributed by atoms with Gasteiger partial charge in [0.2, 0.25) is 0 Å². The molecule has 3 rings (SSSR count). The Hall–Kier alpha value is -0.940. The Balaban J connectivity index is 1.47. The standard InChI is InChI=1S/C20H31NO3/c1-15-5-3-4-6-20(15)17-11-16(2)21(12-17)13-18(22)14-24-19-7-9-23-10-8-19/h3-6,16-19,22H,7-14H2,1-2H3. The van der Waals surface area contributed by atoms with Crippen molar-refractivity contribution in [2.24, 2.45) is 0 Å². The molecule has 0 radical (unpaired) electrons. The lowest BCUT2D eigenvalue weighted by atomic mass is 9.93. The largest absolute Gasteiger partial charge is 0.389 e. The molecule has 0 saturated carbocycles. The molecule has 1 aromatic carbocycles. The van der Waals surface area contributed by atoms with E-state index in [1.165, 1.54) is 17.5 Å². The first-order valence-electron chi connectivity index (χ1n) is 9.30. The van der Waals surface area contributed by atoms with Gasteiger partial charge in [-0.05, 0) is 50.2 Å². The monoisotopic (exact) mass is 333 g/mol. The Morgan fingerprint density at radius 1 is 1.29 bits per heavy atom. The van der Waals surface area contributed by atoms with Crippen molar-refractivity contribution in [3.63, 3.8) is 0 Å². The summed E-state index contributed by atoms with van der Waals surface area (Å²) in [5.41, 5.74) is 2.83. The van der Waals surface area contributed by atoms with E-state index in [-0.39, 0.29) is 6.10 Å². The van der Waals surface area contributed by atoms with E-state index in [2.05, 4.69) is 43.0 Å². The zero-order valence-corrected chi connectivity index (χ0v) is 15.0. The topological polar surface area (TPSA) is 41.9 Å². The molecule has 0 aromatic heterocycles. The van der Waals surface area contributed by atoms with Gasteiger partial charge in [0.25, 0.3) is 0 Å². The summed E-state index contributed by atoms with van der Waals surface area (Å²) in [6, 6.07) is 9.19. The molecule has 2 heterocycles. The summed E-state index contributed by atoms with van der Waals surface area (Å²) in [6.07, 6.45) is 2.90. The molecule has 134 valence electrons. The number of β-amino-alcohol motifs (C(OH)–C–C–N with tert-alkyl or cyclic N) is 1. The molecule has 3 atom stereocenters. The molecular weight excluding hydrogens is 302 g/mol. The van der Waals surface area contributed by atoms with Crippen LogP contribution < -0.4 is 0 Å². The molecule has 3 unspecified atom stereocenters. The van der Waals surface area contributed by atoms with Crippen molar-refractivity contribution in [1.82, 2.24) is 4.90 Å². The minimum atomic E-state index is -0.411. The molecule has 4 heteroatoms. The number of likely N-dealkylation sites (tertiary alicyclic amines) is 1. The first-order valence-corrected chi connectivity index (χ1v) is 9.30. The van der Waals surface area contributed by atoms with Gasteiger partial charge in [0.1, 0.15) is 0 Å². The molecule has 0 bridgehead atoms. The van der Waals surface area contributed by atoms with Crippen LogP contribution in [-0.2, 0) is 9.47 Å². The zero-order chi connectivity index (χ0) is 16.9. The third kappa shape index (κ3) is 4.57. The number of aryl methyl sites for hydroxylation is 1. The van der Waals surface area contributed by atoms with E-state index >= 15 is 0 Å². The number of benzene rings is 1. The molecule has 2 fully saturated rings. The van der Waals surface area contributed by atoms with Crippen LogP contribution in [0.1, 0.15) is 43.2 Å². The van der Waals surface area contributed by atoms with Crippen molar-refractivity contribution in [2.45, 2.75) is 57.3 Å². The second-order valence-corrected chi connectivity index (χ2v) is 7.39. The third-order valence-corrected chi connectivity index (χ3v) is 5.47. The highest BCUT2D eigenvalue weighted by atomic mass is 16.5. The summed E-state index contributed by atoms with van der Waals surface area (Å²) in [7, 11) is 0. The Kier molecular flexibility index (Phi) is 6.28. The highest BCUT2D eigenvalue weighted by molar-refractivity contribution is 5.30. The van der Waals surface area contributed by atoms with Gasteiger partial charge in [-0.1, -0.05) is 24.3 Å². The molecule has 2 aliphatic rings. The van der Waals surface area contributed by atoms with Gasteiger partial charge in [-0.25, -0.2) is 0 Å². The minimum Gasteiger partial charge on any atom is -0.389 e. The van der Waals surface area contributed by atoms with Crippen LogP contribution in [0.25, 0.3) is 0 Å². The molecule has 0 spiro atoms. The second kappa shape index (κ2) is 8.43. The molecule has 4 nitrogen and oxygen atoms in total. The van der Waals surface area contributed by atoms with E-state index in [9.17, 15) is 5.11 Å². The lowest BCUT2D eigenvalue weighted by Gasteiger charge is -2.27. The SMILES string of the molecule is Cc1ccccc1C1CC(C)N(CC(O)COC2CCOCC2)C1. The summed E-state index contributed by atoms with van der Waals surface area (Å²) in [5.74, 6) is 0.574. The summed E-state index contributed by atoms with van der Waals surface area (Å²) >= 11 is 0. The van der Waals surface area contributed by atoms with Crippen LogP contribution >= 0.6 is 0 Å². The van der Waals surface area contributed by atoms with Crippen molar-refractivity contribution >= 4 is 0 Å². The smallest absolute Gasteiger partial charge is 0.0900 e. The first-order chi connectivity index (χ1) is 11.6. The van der Waals surface area contributed by atoms with Crippen molar-refractivity contribution < 1.29 is 14.6 Å². The number of hydrogen-bond donors (Lipinski definition) is 1. The summed E-state index contributed by atoms with van der Waals surface area (Å²) in [5, 5.41) is 10.4. The van der Waals surface area contributed by atoms with Gasteiger partial charge < -0.3 is 14.6 Å². The van der Waals surface area contributed by atoms with Crippen LogP contribution in [0, 0.1) is 6.92 Å². The fraction of sp³-hybridized carbons (Fsp3) is 0.700. The molecule has 2 saturated heterocycles. The van der Waals surface area contributed by atoms with E-state index in [0.717, 1.165) is 32.6 Å². The zero-order valence-electron chi connectivity index (χ0n) is 15.0. The Labute approximate surface area is 145 Å². The van der Waals surface area contributed by atoms with Gasteiger partial charge >= 0.3 is 0 Å². The number of rotatable bonds is 6. The first kappa shape index (κ1) is 17.9. The number of ether oxygens (including phenoxy) is 2. The van der Waals surface area contributed by atoms with Gasteiger partial charge in [-0.2, -0.15) is 0 Å². The van der Waals surface area contributed by atoms with E-state index in [4.69, 9.17) is 9.47 Å². The Bertz CT molecular complexity index is 515. The molecular formula is C20H31NO3. The highest BCUT2D eigenvalue weighted by Gasteiger charge is 2.31. The van der Waals surface area contributed by atoms with Crippen LogP contribution in [0.4, 0.5) is 0 Å². The van der Waals surface area contributed by atoms with E-state index in [1.54, 1.807) is 0 Å². The lowest BCUT2D eigenvalue weighted by molar-refractivity contribution is -0.0644. The Morgan fingerprint density at radius 2 is 2.04 bits per heavy atom. The molecule has 24 heavy (non-hydrogen) atoms. The fourth-order valence-corrected chi connectivity index (χ4v) is 4.04. The molecule has 2 aliphatic heterocycles. The van der Waals surface area contributed by atoms with Gasteiger partial charge in [0.15, 0.2) is 0 Å². The maximum atomic E-state index is 10.4. The second-order valence-electron chi connectivity index (χ2n) is 7.39. The van der Waals surface area contributed by atoms with Gasteiger partial charge in [0, 0.05) is 32.3 Å². The maximum Gasteiger partial charge on any atom is 0.0900 e. The minimum absolute atomic E-state index is 0.254. The lowest BCUT2D eigenvalue weighted by Crippen LogP contribution is -2.38. The van der Waals surface area contributed by atoms with Gasteiger partial charge in [-0.15, -0.1) is 0 Å². The maximum absolute atomic E-state index is 10.4. The summed E-state index contributed by atoms with van der Waals surface area (Å²) < 4.78 is 11.2. The van der Waals surface area contributed by atoms with Crippen LogP contribution in [0.15, 0.2) is 24.3 Å². The van der Waals surface area contributed by atoms with Gasteiger partial charge in [-0.3, -0.25) is 4.90 Å². The third-order valence-electron chi connectivity index (χ3n) is 5.47. The van der Waals surface area contributed by atoms with E-state index in [0.29, 0.717) is 25.1 Å². The Morgan fingerprint density at radius 3 is 2.79 bits per heavy atom. The molecule has 1 N–H and O–H groups in total. The highest BCUT2D eigenvalue weighted by Crippen LogP contribution is 2.33. The van der Waals surface area contributed by atoms with Crippen LogP contribution in [0.3, 0.4) is 0 Å². The van der Waals surface area contributed by atoms with Crippen molar-refractivity contribution in [3.8, 4) is 0 Å². The summed E-state index contributed by atoms with van der Waals surface area (Å²) in [4.78, 5) is 2.41. The fourth-order valence-electron chi connectivity index (χ4n) is 4.04. The predicted molar refractivity (Wildman–Crippen MR) is 95.4 cm³/mol. The number of nitrogens with zero attached hydrogens (tertiary/aromatic N) is 1. The van der Waals surface area contributed by atoms with E-state index in [1.807, 2.05) is 0 Å². The van der Waals surface area contributed by atoms with E-state index < -0.39 is 6.10 Å². The van der Waals surface area contributed by atoms with Crippen LogP contribution in [0.5, 0.6) is 0 Å². The molecule has 0 amide bonds. The van der Waals surface area contributed by atoms with Crippen molar-refractivity contribution in [3.05, 3.63) is 35.4 Å². The van der Waals surface area contributed by atoms with Gasteiger partial charge in [0.05, 0.1) is 18.8 Å². The molecule has 1 aromatic rings.